The monoisotopic (exact) mass is 461 g/mol. The predicted octanol–water partition coefficient (Wildman–Crippen LogP) is -0.199. The maximum atomic E-state index is 12.7. The lowest BCUT2D eigenvalue weighted by atomic mass is 9.97. The number of thioether (sulfide) groups is 1. The van der Waals surface area contributed by atoms with Crippen LogP contribution in [0.15, 0.2) is 0 Å². The molecule has 0 aliphatic heterocycles. The number of hydrogen-bond donors (Lipinski definition) is 6. The quantitative estimate of drug-likeness (QED) is 0.171. The minimum absolute atomic E-state index is 0.236. The van der Waals surface area contributed by atoms with Crippen molar-refractivity contribution in [2.24, 2.45) is 17.4 Å². The molecule has 0 saturated heterocycles. The maximum absolute atomic E-state index is 12.7. The number of carbonyl (C=O) groups excluding carboxylic acids is 3. The standard InChI is InChI=1S/C20H39N5O5S/c1-5-12(2)16(19(28)24-15(20(29)30)9-11-31-4)25-17(26)13(3)23-18(27)14(22)8-6-7-10-21/h12-16H,5-11,21-22H2,1-4H3,(H,23,27)(H,24,28)(H,25,26)(H,29,30). The smallest absolute Gasteiger partial charge is 0.326 e. The molecule has 0 rings (SSSR count). The van der Waals surface area contributed by atoms with Crippen molar-refractivity contribution >= 4 is 35.5 Å². The van der Waals surface area contributed by atoms with E-state index in [0.29, 0.717) is 31.6 Å². The molecule has 0 saturated carbocycles. The number of unbranched alkanes of at least 4 members (excludes halogenated alkanes) is 1. The van der Waals surface area contributed by atoms with E-state index in [2.05, 4.69) is 16.0 Å². The molecule has 0 aromatic carbocycles. The molecule has 0 spiro atoms. The number of aliphatic carboxylic acids is 1. The zero-order valence-corrected chi connectivity index (χ0v) is 19.8. The van der Waals surface area contributed by atoms with Crippen LogP contribution in [0.1, 0.15) is 52.9 Å². The minimum atomic E-state index is -1.12. The van der Waals surface area contributed by atoms with Gasteiger partial charge in [-0.25, -0.2) is 4.79 Å². The molecule has 0 bridgehead atoms. The van der Waals surface area contributed by atoms with Crippen LogP contribution >= 0.6 is 11.8 Å². The Kier molecular flexibility index (Phi) is 14.9. The van der Waals surface area contributed by atoms with Crippen LogP contribution in [0.5, 0.6) is 0 Å². The lowest BCUT2D eigenvalue weighted by Gasteiger charge is -2.27. The molecule has 0 radical (unpaired) electrons. The average Bonchev–Trinajstić information content (AvgIpc) is 2.73. The van der Waals surface area contributed by atoms with Crippen LogP contribution in [0.2, 0.25) is 0 Å². The third kappa shape index (κ3) is 11.4. The number of carboxylic acids is 1. The summed E-state index contributed by atoms with van der Waals surface area (Å²) in [5, 5.41) is 17.1. The lowest BCUT2D eigenvalue weighted by Crippen LogP contribution is -2.58. The first-order valence-corrected chi connectivity index (χ1v) is 12.1. The molecule has 10 nitrogen and oxygen atoms in total. The van der Waals surface area contributed by atoms with Gasteiger partial charge in [-0.2, -0.15) is 11.8 Å². The van der Waals surface area contributed by atoms with Gasteiger partial charge in [0.05, 0.1) is 6.04 Å². The highest BCUT2D eigenvalue weighted by molar-refractivity contribution is 7.98. The Morgan fingerprint density at radius 3 is 2.13 bits per heavy atom. The fourth-order valence-corrected chi connectivity index (χ4v) is 3.23. The predicted molar refractivity (Wildman–Crippen MR) is 122 cm³/mol. The molecule has 3 amide bonds. The summed E-state index contributed by atoms with van der Waals surface area (Å²) in [7, 11) is 0. The zero-order chi connectivity index (χ0) is 24.0. The van der Waals surface area contributed by atoms with Gasteiger partial charge < -0.3 is 32.5 Å². The van der Waals surface area contributed by atoms with Crippen molar-refractivity contribution in [1.29, 1.82) is 0 Å². The fourth-order valence-electron chi connectivity index (χ4n) is 2.76. The van der Waals surface area contributed by atoms with Crippen molar-refractivity contribution in [3.63, 3.8) is 0 Å². The molecule has 180 valence electrons. The molecule has 31 heavy (non-hydrogen) atoms. The molecule has 0 fully saturated rings. The first-order valence-electron chi connectivity index (χ1n) is 10.7. The molecule has 5 atom stereocenters. The second-order valence-electron chi connectivity index (χ2n) is 7.67. The molecular formula is C20H39N5O5S. The molecule has 8 N–H and O–H groups in total. The van der Waals surface area contributed by atoms with Gasteiger partial charge in [0, 0.05) is 0 Å². The third-order valence-electron chi connectivity index (χ3n) is 5.08. The van der Waals surface area contributed by atoms with Crippen molar-refractivity contribution in [1.82, 2.24) is 16.0 Å². The Morgan fingerprint density at radius 1 is 0.968 bits per heavy atom. The summed E-state index contributed by atoms with van der Waals surface area (Å²) in [6.45, 7) is 5.68. The lowest BCUT2D eigenvalue weighted by molar-refractivity contribution is -0.142. The van der Waals surface area contributed by atoms with Gasteiger partial charge in [-0.1, -0.05) is 26.7 Å². The van der Waals surface area contributed by atoms with Crippen LogP contribution in [-0.4, -0.2) is 71.5 Å². The van der Waals surface area contributed by atoms with E-state index in [1.54, 1.807) is 6.92 Å². The molecule has 11 heteroatoms. The first kappa shape index (κ1) is 29.1. The van der Waals surface area contributed by atoms with E-state index in [4.69, 9.17) is 11.5 Å². The number of hydrogen-bond acceptors (Lipinski definition) is 7. The van der Waals surface area contributed by atoms with Crippen LogP contribution in [0, 0.1) is 5.92 Å². The van der Waals surface area contributed by atoms with Crippen LogP contribution in [0.3, 0.4) is 0 Å². The van der Waals surface area contributed by atoms with E-state index >= 15 is 0 Å². The zero-order valence-electron chi connectivity index (χ0n) is 19.0. The Labute approximate surface area is 189 Å². The highest BCUT2D eigenvalue weighted by atomic mass is 32.2. The number of amides is 3. The second-order valence-corrected chi connectivity index (χ2v) is 8.66. The normalized spacial score (nSPS) is 15.8. The highest BCUT2D eigenvalue weighted by Crippen LogP contribution is 2.10. The summed E-state index contributed by atoms with van der Waals surface area (Å²) >= 11 is 1.48. The van der Waals surface area contributed by atoms with Gasteiger partial charge in [0.1, 0.15) is 18.1 Å². The fraction of sp³-hybridized carbons (Fsp3) is 0.800. The van der Waals surface area contributed by atoms with Gasteiger partial charge in [-0.3, -0.25) is 14.4 Å². The van der Waals surface area contributed by atoms with E-state index in [1.165, 1.54) is 18.7 Å². The number of carboxylic acid groups (broad SMARTS) is 1. The van der Waals surface area contributed by atoms with Crippen LogP contribution < -0.4 is 27.4 Å². The molecule has 0 aliphatic rings. The highest BCUT2D eigenvalue weighted by Gasteiger charge is 2.31. The Hall–Kier alpha value is -1.85. The van der Waals surface area contributed by atoms with Crippen LogP contribution in [0.25, 0.3) is 0 Å². The van der Waals surface area contributed by atoms with Crippen LogP contribution in [-0.2, 0) is 19.2 Å². The van der Waals surface area contributed by atoms with Gasteiger partial charge in [-0.05, 0) is 50.7 Å². The summed E-state index contributed by atoms with van der Waals surface area (Å²) in [5.74, 6) is -2.34. The van der Waals surface area contributed by atoms with Gasteiger partial charge in [0.25, 0.3) is 0 Å². The molecule has 5 unspecified atom stereocenters. The third-order valence-corrected chi connectivity index (χ3v) is 5.72. The van der Waals surface area contributed by atoms with Crippen molar-refractivity contribution < 1.29 is 24.3 Å². The maximum Gasteiger partial charge on any atom is 0.326 e. The van der Waals surface area contributed by atoms with Gasteiger partial charge in [0.2, 0.25) is 17.7 Å². The number of rotatable bonds is 16. The van der Waals surface area contributed by atoms with Crippen molar-refractivity contribution in [3.05, 3.63) is 0 Å². The molecule has 0 heterocycles. The Morgan fingerprint density at radius 2 is 1.61 bits per heavy atom. The second kappa shape index (κ2) is 15.9. The van der Waals surface area contributed by atoms with Gasteiger partial charge >= 0.3 is 5.97 Å². The molecule has 0 aliphatic carbocycles. The number of nitrogens with one attached hydrogen (secondary N) is 3. The van der Waals surface area contributed by atoms with E-state index in [0.717, 1.165) is 6.42 Å². The van der Waals surface area contributed by atoms with Crippen LogP contribution in [0.4, 0.5) is 0 Å². The van der Waals surface area contributed by atoms with Gasteiger partial charge in [-0.15, -0.1) is 0 Å². The van der Waals surface area contributed by atoms with E-state index in [9.17, 15) is 24.3 Å². The van der Waals surface area contributed by atoms with Crippen molar-refractivity contribution in [2.45, 2.75) is 77.0 Å². The summed E-state index contributed by atoms with van der Waals surface area (Å²) in [6, 6.07) is -3.61. The van der Waals surface area contributed by atoms with Crippen molar-refractivity contribution in [3.8, 4) is 0 Å². The number of nitrogens with two attached hydrogens (primary N) is 2. The van der Waals surface area contributed by atoms with E-state index in [1.807, 2.05) is 13.2 Å². The van der Waals surface area contributed by atoms with E-state index < -0.39 is 47.9 Å². The SMILES string of the molecule is CCC(C)C(NC(=O)C(C)NC(=O)C(N)CCCCN)C(=O)NC(CCSC)C(=O)O. The average molecular weight is 462 g/mol. The van der Waals surface area contributed by atoms with E-state index in [-0.39, 0.29) is 12.3 Å². The molecule has 0 aromatic rings. The number of carbonyl (C=O) groups is 4. The van der Waals surface area contributed by atoms with Crippen molar-refractivity contribution in [2.75, 3.05) is 18.6 Å². The summed E-state index contributed by atoms with van der Waals surface area (Å²) in [5.41, 5.74) is 11.3. The summed E-state index contributed by atoms with van der Waals surface area (Å²) < 4.78 is 0. The molecule has 0 aromatic heterocycles. The Bertz CT molecular complexity index is 592. The largest absolute Gasteiger partial charge is 0.480 e. The Balaban J connectivity index is 5.01. The topological polar surface area (TPSA) is 177 Å². The van der Waals surface area contributed by atoms with Gasteiger partial charge in [0.15, 0.2) is 0 Å². The minimum Gasteiger partial charge on any atom is -0.480 e. The first-order chi connectivity index (χ1) is 14.6. The summed E-state index contributed by atoms with van der Waals surface area (Å²) in [4.78, 5) is 49.0. The summed E-state index contributed by atoms with van der Waals surface area (Å²) in [6.07, 6.45) is 4.65. The molecular weight excluding hydrogens is 422 g/mol.